The van der Waals surface area contributed by atoms with Crippen molar-refractivity contribution in [1.29, 1.82) is 0 Å². The molecule has 7 nitrogen and oxygen atoms in total. The van der Waals surface area contributed by atoms with E-state index in [0.717, 1.165) is 28.8 Å². The van der Waals surface area contributed by atoms with Gasteiger partial charge in [0.25, 0.3) is 11.2 Å². The van der Waals surface area contributed by atoms with Gasteiger partial charge in [0.1, 0.15) is 6.54 Å². The highest BCUT2D eigenvalue weighted by molar-refractivity contribution is 5.69. The quantitative estimate of drug-likeness (QED) is 0.336. The molecule has 1 heterocycles. The second-order valence-electron chi connectivity index (χ2n) is 5.37. The van der Waals surface area contributed by atoms with Crippen LogP contribution in [0, 0.1) is 17.0 Å². The molecule has 1 aromatic carbocycles. The molecule has 2 rings (SSSR count). The summed E-state index contributed by atoms with van der Waals surface area (Å²) in [4.78, 5) is 33.9. The lowest BCUT2D eigenvalue weighted by molar-refractivity contribution is -0.385. The third kappa shape index (κ3) is 4.77. The van der Waals surface area contributed by atoms with Gasteiger partial charge in [-0.1, -0.05) is 30.3 Å². The number of carbonyl (C=O) groups is 1. The van der Waals surface area contributed by atoms with Crippen molar-refractivity contribution in [2.24, 2.45) is 0 Å². The molecule has 0 amide bonds. The van der Waals surface area contributed by atoms with E-state index in [1.165, 1.54) is 6.92 Å². The van der Waals surface area contributed by atoms with Gasteiger partial charge in [-0.2, -0.15) is 0 Å². The van der Waals surface area contributed by atoms with Gasteiger partial charge >= 0.3 is 5.97 Å². The highest BCUT2D eigenvalue weighted by atomic mass is 16.6. The lowest BCUT2D eigenvalue weighted by atomic mass is 10.1. The van der Waals surface area contributed by atoms with Gasteiger partial charge in [-0.25, -0.2) is 0 Å². The molecule has 1 aromatic heterocycles. The van der Waals surface area contributed by atoms with Crippen LogP contribution in [0.2, 0.25) is 0 Å². The van der Waals surface area contributed by atoms with E-state index < -0.39 is 16.5 Å². The highest BCUT2D eigenvalue weighted by Gasteiger charge is 2.15. The molecule has 0 atom stereocenters. The van der Waals surface area contributed by atoms with Crippen molar-refractivity contribution in [1.82, 2.24) is 4.57 Å². The van der Waals surface area contributed by atoms with E-state index in [-0.39, 0.29) is 24.4 Å². The summed E-state index contributed by atoms with van der Waals surface area (Å²) in [5.41, 5.74) is 0.738. The second kappa shape index (κ2) is 8.05. The smallest absolute Gasteiger partial charge is 0.326 e. The largest absolute Gasteiger partial charge is 0.464 e. The van der Waals surface area contributed by atoms with E-state index in [1.54, 1.807) is 0 Å². The Labute approximate surface area is 138 Å². The Morgan fingerprint density at radius 3 is 2.67 bits per heavy atom. The van der Waals surface area contributed by atoms with E-state index in [0.29, 0.717) is 6.42 Å². The van der Waals surface area contributed by atoms with Gasteiger partial charge in [-0.05, 0) is 25.3 Å². The zero-order valence-electron chi connectivity index (χ0n) is 13.3. The van der Waals surface area contributed by atoms with Gasteiger partial charge in [-0.15, -0.1) is 0 Å². The first-order valence-corrected chi connectivity index (χ1v) is 7.52. The fraction of sp³-hybridized carbons (Fsp3) is 0.294. The van der Waals surface area contributed by atoms with E-state index in [2.05, 4.69) is 0 Å². The van der Waals surface area contributed by atoms with Crippen LogP contribution in [0.3, 0.4) is 0 Å². The van der Waals surface area contributed by atoms with Crippen molar-refractivity contribution in [2.45, 2.75) is 26.3 Å². The minimum atomic E-state index is -0.594. The number of benzene rings is 1. The topological polar surface area (TPSA) is 91.4 Å². The molecule has 0 saturated carbocycles. The average Bonchev–Trinajstić information content (AvgIpc) is 2.55. The minimum Gasteiger partial charge on any atom is -0.464 e. The van der Waals surface area contributed by atoms with Gasteiger partial charge in [0.05, 0.1) is 17.7 Å². The molecule has 0 unspecified atom stereocenters. The summed E-state index contributed by atoms with van der Waals surface area (Å²) in [6.45, 7) is 1.37. The molecular formula is C17H18N2O5. The van der Waals surface area contributed by atoms with E-state index in [4.69, 9.17) is 4.74 Å². The van der Waals surface area contributed by atoms with Gasteiger partial charge in [-0.3, -0.25) is 24.3 Å². The maximum Gasteiger partial charge on any atom is 0.326 e. The first-order valence-electron chi connectivity index (χ1n) is 7.52. The molecule has 0 aliphatic heterocycles. The molecule has 0 aliphatic carbocycles. The van der Waals surface area contributed by atoms with Gasteiger partial charge in [0.2, 0.25) is 0 Å². The maximum atomic E-state index is 11.8. The Morgan fingerprint density at radius 1 is 1.29 bits per heavy atom. The molecule has 0 fully saturated rings. The van der Waals surface area contributed by atoms with E-state index in [1.807, 2.05) is 30.3 Å². The summed E-state index contributed by atoms with van der Waals surface area (Å²) in [6, 6.07) is 10.9. The van der Waals surface area contributed by atoms with Crippen LogP contribution >= 0.6 is 0 Å². The SMILES string of the molecule is Cc1cc(=O)n(CC(=O)OCCCc2ccccc2)cc1[N+](=O)[O-]. The predicted molar refractivity (Wildman–Crippen MR) is 87.8 cm³/mol. The van der Waals surface area contributed by atoms with Gasteiger partial charge in [0, 0.05) is 11.6 Å². The van der Waals surface area contributed by atoms with E-state index >= 15 is 0 Å². The monoisotopic (exact) mass is 330 g/mol. The van der Waals surface area contributed by atoms with Crippen LogP contribution < -0.4 is 5.56 Å². The van der Waals surface area contributed by atoms with Gasteiger partial charge < -0.3 is 4.74 Å². The van der Waals surface area contributed by atoms with Crippen molar-refractivity contribution < 1.29 is 14.5 Å². The maximum absolute atomic E-state index is 11.8. The fourth-order valence-corrected chi connectivity index (χ4v) is 2.26. The van der Waals surface area contributed by atoms with Gasteiger partial charge in [0.15, 0.2) is 0 Å². The number of nitrogens with zero attached hydrogens (tertiary/aromatic N) is 2. The first-order chi connectivity index (χ1) is 11.5. The zero-order chi connectivity index (χ0) is 17.5. The Balaban J connectivity index is 1.87. The van der Waals surface area contributed by atoms with Crippen LogP contribution in [0.1, 0.15) is 17.5 Å². The number of hydrogen-bond acceptors (Lipinski definition) is 5. The number of nitro groups is 1. The lowest BCUT2D eigenvalue weighted by Crippen LogP contribution is -2.25. The molecule has 2 aromatic rings. The number of ether oxygens (including phenoxy) is 1. The summed E-state index contributed by atoms with van der Waals surface area (Å²) in [5, 5.41) is 10.9. The summed E-state index contributed by atoms with van der Waals surface area (Å²) in [5.74, 6) is -0.594. The number of esters is 1. The molecule has 0 radical (unpaired) electrons. The van der Waals surface area contributed by atoms with Crippen molar-refractivity contribution >= 4 is 11.7 Å². The molecule has 0 N–H and O–H groups in total. The minimum absolute atomic E-state index is 0.202. The van der Waals surface area contributed by atoms with Crippen molar-refractivity contribution in [3.63, 3.8) is 0 Å². The highest BCUT2D eigenvalue weighted by Crippen LogP contribution is 2.14. The molecule has 24 heavy (non-hydrogen) atoms. The van der Waals surface area contributed by atoms with E-state index in [9.17, 15) is 19.7 Å². The standard InChI is InChI=1S/C17H18N2O5/c1-13-10-16(20)18(11-15(13)19(22)23)12-17(21)24-9-5-8-14-6-3-2-4-7-14/h2-4,6-7,10-11H,5,8-9,12H2,1H3. The predicted octanol–water partition coefficient (Wildman–Crippen LogP) is 2.24. The molecule has 7 heteroatoms. The Hall–Kier alpha value is -2.96. The lowest BCUT2D eigenvalue weighted by Gasteiger charge is -2.08. The van der Waals surface area contributed by atoms with Crippen molar-refractivity contribution in [3.05, 3.63) is 74.2 Å². The van der Waals surface area contributed by atoms with Crippen LogP contribution in [0.25, 0.3) is 0 Å². The number of hydrogen-bond donors (Lipinski definition) is 0. The number of rotatable bonds is 7. The van der Waals surface area contributed by atoms with Crippen LogP contribution in [0.5, 0.6) is 0 Å². The van der Waals surface area contributed by atoms with Crippen LogP contribution in [-0.4, -0.2) is 22.1 Å². The Bertz CT molecular complexity index is 783. The number of carbonyl (C=O) groups excluding carboxylic acids is 1. The summed E-state index contributed by atoms with van der Waals surface area (Å²) < 4.78 is 6.08. The normalized spacial score (nSPS) is 10.4. The van der Waals surface area contributed by atoms with Crippen molar-refractivity contribution in [3.8, 4) is 0 Å². The number of pyridine rings is 1. The first kappa shape index (κ1) is 17.4. The molecule has 0 saturated heterocycles. The number of aromatic nitrogens is 1. The van der Waals surface area contributed by atoms with Crippen LogP contribution in [0.15, 0.2) is 47.4 Å². The Kier molecular flexibility index (Phi) is 5.83. The fourth-order valence-electron chi connectivity index (χ4n) is 2.26. The second-order valence-corrected chi connectivity index (χ2v) is 5.37. The summed E-state index contributed by atoms with van der Waals surface area (Å²) >= 11 is 0. The molecule has 126 valence electrons. The molecule has 0 spiro atoms. The van der Waals surface area contributed by atoms with Crippen LogP contribution in [-0.2, 0) is 22.5 Å². The van der Waals surface area contributed by atoms with Crippen molar-refractivity contribution in [2.75, 3.05) is 6.61 Å². The van der Waals surface area contributed by atoms with Crippen LogP contribution in [0.4, 0.5) is 5.69 Å². The third-order valence-corrected chi connectivity index (χ3v) is 3.52. The zero-order valence-corrected chi connectivity index (χ0v) is 13.3. The summed E-state index contributed by atoms with van der Waals surface area (Å²) in [7, 11) is 0. The third-order valence-electron chi connectivity index (χ3n) is 3.52. The summed E-state index contributed by atoms with van der Waals surface area (Å²) in [6.07, 6.45) is 2.52. The Morgan fingerprint density at radius 2 is 2.00 bits per heavy atom. The molecule has 0 bridgehead atoms. The number of aryl methyl sites for hydroxylation is 2. The molecular weight excluding hydrogens is 312 g/mol. The average molecular weight is 330 g/mol. The molecule has 0 aliphatic rings.